The number of rotatable bonds is 7. The third-order valence-corrected chi connectivity index (χ3v) is 9.50. The van der Waals surface area contributed by atoms with Crippen molar-refractivity contribution < 1.29 is 9.53 Å². The second-order valence-electron chi connectivity index (χ2n) is 6.65. The lowest BCUT2D eigenvalue weighted by molar-refractivity contribution is -0.137. The fourth-order valence-corrected chi connectivity index (χ4v) is 7.30. The summed E-state index contributed by atoms with van der Waals surface area (Å²) in [6, 6.07) is 18.6. The quantitative estimate of drug-likeness (QED) is 0.404. The zero-order valence-electron chi connectivity index (χ0n) is 15.7. The van der Waals surface area contributed by atoms with Crippen LogP contribution in [0.4, 0.5) is 0 Å². The molecule has 3 rings (SSSR count). The fraction of sp³-hybridized carbons (Fsp3) is 0.318. The summed E-state index contributed by atoms with van der Waals surface area (Å²) >= 11 is 6.36. The first kappa shape index (κ1) is 19.9. The molecule has 1 aliphatic heterocycles. The average Bonchev–Trinajstić information content (AvgIpc) is 3.24. The van der Waals surface area contributed by atoms with Crippen LogP contribution in [0.25, 0.3) is 0 Å². The van der Waals surface area contributed by atoms with E-state index < -0.39 is 6.04 Å². The van der Waals surface area contributed by atoms with Gasteiger partial charge in [-0.15, -0.1) is 0 Å². The van der Waals surface area contributed by atoms with E-state index in [4.69, 9.17) is 16.5 Å². The normalized spacial score (nSPS) is 15.0. The van der Waals surface area contributed by atoms with E-state index in [0.717, 1.165) is 31.6 Å². The van der Waals surface area contributed by atoms with Gasteiger partial charge in [0.05, 0.1) is 6.61 Å². The van der Waals surface area contributed by atoms with Crippen LogP contribution in [-0.4, -0.2) is 36.7 Å². The molecule has 0 bridgehead atoms. The van der Waals surface area contributed by atoms with Crippen LogP contribution in [0.15, 0.2) is 72.4 Å². The van der Waals surface area contributed by atoms with Crippen molar-refractivity contribution in [2.75, 3.05) is 25.9 Å². The molecule has 1 aliphatic rings. The molecule has 0 N–H and O–H groups in total. The summed E-state index contributed by atoms with van der Waals surface area (Å²) in [5, 5.41) is 2.36. The van der Waals surface area contributed by atoms with Gasteiger partial charge in [0.15, 0.2) is 0 Å². The third-order valence-electron chi connectivity index (χ3n) is 4.81. The summed E-state index contributed by atoms with van der Waals surface area (Å²) in [5.74, 6) is -0.276. The number of hydrogen-bond acceptors (Lipinski definition) is 4. The summed E-state index contributed by atoms with van der Waals surface area (Å²) < 4.78 is 5.19. The van der Waals surface area contributed by atoms with Crippen molar-refractivity contribution in [1.29, 1.82) is 0 Å². The fourth-order valence-electron chi connectivity index (χ4n) is 3.46. The lowest BCUT2D eigenvalue weighted by atomic mass is 10.3. The van der Waals surface area contributed by atoms with Gasteiger partial charge in [0.25, 0.3) is 0 Å². The summed E-state index contributed by atoms with van der Waals surface area (Å²) in [6.07, 6.45) is 4.66. The van der Waals surface area contributed by atoms with Gasteiger partial charge < -0.3 is 9.64 Å². The molecule has 0 aliphatic carbocycles. The second kappa shape index (κ2) is 9.34. The van der Waals surface area contributed by atoms with E-state index >= 15 is 0 Å². The zero-order valence-corrected chi connectivity index (χ0v) is 17.4. The van der Waals surface area contributed by atoms with Crippen LogP contribution < -0.4 is 10.6 Å². The molecule has 0 aromatic heterocycles. The topological polar surface area (TPSA) is 29.5 Å². The smallest absolute Gasteiger partial charge is 0.332 e. The van der Waals surface area contributed by atoms with Crippen molar-refractivity contribution in [2.24, 2.45) is 0 Å². The molecule has 1 heterocycles. The van der Waals surface area contributed by atoms with Crippen molar-refractivity contribution >= 4 is 34.4 Å². The molecule has 2 aromatic rings. The Labute approximate surface area is 167 Å². The van der Waals surface area contributed by atoms with Crippen LogP contribution in [0, 0.1) is 0 Å². The Balaban J connectivity index is 2.03. The van der Waals surface area contributed by atoms with E-state index in [9.17, 15) is 4.79 Å². The zero-order chi connectivity index (χ0) is 19.1. The number of nitrogens with zero attached hydrogens (tertiary/aromatic N) is 1. The van der Waals surface area contributed by atoms with Gasteiger partial charge in [-0.2, -0.15) is 0 Å². The Hall–Kier alpha value is -1.90. The standard InChI is InChI=1S/C22H26NO2PS/c1-2-25-22(24)17-19(23-15-9-10-16-23)18-26(27,20-11-5-3-6-12-20)21-13-7-4-8-14-21/h3-8,11-14,17H,2,9-10,15-16,18H2,1H3. The van der Waals surface area contributed by atoms with Crippen LogP contribution in [0.3, 0.4) is 0 Å². The molecule has 0 amide bonds. The Morgan fingerprint density at radius 1 is 1.04 bits per heavy atom. The SMILES string of the molecule is CCOC(=O)C=C(CP(=S)(c1ccccc1)c1ccccc1)N1CCCC1. The number of carbonyl (C=O) groups excluding carboxylic acids is 1. The summed E-state index contributed by atoms with van der Waals surface area (Å²) in [6.45, 7) is 4.17. The first-order chi connectivity index (χ1) is 13.1. The lowest BCUT2D eigenvalue weighted by Gasteiger charge is -2.29. The molecule has 0 unspecified atom stereocenters. The maximum atomic E-state index is 12.2. The molecule has 5 heteroatoms. The van der Waals surface area contributed by atoms with Gasteiger partial charge in [-0.1, -0.05) is 72.5 Å². The maximum absolute atomic E-state index is 12.2. The van der Waals surface area contributed by atoms with Crippen LogP contribution in [0.2, 0.25) is 0 Å². The molecular weight excluding hydrogens is 373 g/mol. The van der Waals surface area contributed by atoms with Crippen molar-refractivity contribution in [3.63, 3.8) is 0 Å². The number of likely N-dealkylation sites (tertiary alicyclic amines) is 1. The molecule has 1 fully saturated rings. The minimum Gasteiger partial charge on any atom is -0.463 e. The monoisotopic (exact) mass is 399 g/mol. The molecule has 0 radical (unpaired) electrons. The lowest BCUT2D eigenvalue weighted by Crippen LogP contribution is -2.27. The van der Waals surface area contributed by atoms with Gasteiger partial charge in [-0.3, -0.25) is 0 Å². The number of hydrogen-bond donors (Lipinski definition) is 0. The maximum Gasteiger partial charge on any atom is 0.332 e. The number of carbonyl (C=O) groups is 1. The summed E-state index contributed by atoms with van der Waals surface area (Å²) in [4.78, 5) is 14.5. The number of allylic oxidation sites excluding steroid dienone is 1. The van der Waals surface area contributed by atoms with E-state index in [-0.39, 0.29) is 5.97 Å². The molecule has 3 nitrogen and oxygen atoms in total. The molecule has 2 aromatic carbocycles. The van der Waals surface area contributed by atoms with Gasteiger partial charge in [0.2, 0.25) is 0 Å². The predicted octanol–water partition coefficient (Wildman–Crippen LogP) is 3.66. The number of ether oxygens (including phenoxy) is 1. The molecular formula is C22H26NO2PS. The third kappa shape index (κ3) is 4.88. The van der Waals surface area contributed by atoms with E-state index in [1.807, 2.05) is 43.3 Å². The van der Waals surface area contributed by atoms with Gasteiger partial charge in [-0.05, 0) is 30.4 Å². The highest BCUT2D eigenvalue weighted by atomic mass is 32.4. The van der Waals surface area contributed by atoms with Crippen LogP contribution in [-0.2, 0) is 21.3 Å². The Morgan fingerprint density at radius 2 is 1.56 bits per heavy atom. The van der Waals surface area contributed by atoms with E-state index in [1.165, 1.54) is 10.6 Å². The average molecular weight is 399 g/mol. The Morgan fingerprint density at radius 3 is 2.04 bits per heavy atom. The minimum absolute atomic E-state index is 0.276. The Bertz CT molecular complexity index is 786. The van der Waals surface area contributed by atoms with E-state index in [0.29, 0.717) is 12.8 Å². The number of benzene rings is 2. The van der Waals surface area contributed by atoms with Crippen molar-refractivity contribution in [2.45, 2.75) is 19.8 Å². The molecule has 0 atom stereocenters. The minimum atomic E-state index is -2.09. The van der Waals surface area contributed by atoms with Crippen LogP contribution >= 0.6 is 6.04 Å². The predicted molar refractivity (Wildman–Crippen MR) is 117 cm³/mol. The molecule has 0 spiro atoms. The van der Waals surface area contributed by atoms with Crippen molar-refractivity contribution in [3.05, 3.63) is 72.4 Å². The summed E-state index contributed by atoms with van der Waals surface area (Å²) in [5.41, 5.74) is 1.02. The van der Waals surface area contributed by atoms with E-state index in [2.05, 4.69) is 29.2 Å². The van der Waals surface area contributed by atoms with Crippen LogP contribution in [0.1, 0.15) is 19.8 Å². The Kier molecular flexibility index (Phi) is 6.87. The number of esters is 1. The van der Waals surface area contributed by atoms with Crippen LogP contribution in [0.5, 0.6) is 0 Å². The van der Waals surface area contributed by atoms with Gasteiger partial charge in [-0.25, -0.2) is 4.79 Å². The summed E-state index contributed by atoms with van der Waals surface area (Å²) in [7, 11) is 0. The van der Waals surface area contributed by atoms with Gasteiger partial charge in [0, 0.05) is 37.1 Å². The molecule has 142 valence electrons. The van der Waals surface area contributed by atoms with Crippen molar-refractivity contribution in [1.82, 2.24) is 4.90 Å². The van der Waals surface area contributed by atoms with Gasteiger partial charge >= 0.3 is 5.97 Å². The first-order valence-corrected chi connectivity index (χ1v) is 12.4. The highest BCUT2D eigenvalue weighted by Crippen LogP contribution is 2.46. The molecule has 1 saturated heterocycles. The van der Waals surface area contributed by atoms with Gasteiger partial charge in [0.1, 0.15) is 0 Å². The second-order valence-corrected chi connectivity index (χ2v) is 11.3. The largest absolute Gasteiger partial charge is 0.463 e. The van der Waals surface area contributed by atoms with Crippen molar-refractivity contribution in [3.8, 4) is 0 Å². The highest BCUT2D eigenvalue weighted by molar-refractivity contribution is 8.22. The highest BCUT2D eigenvalue weighted by Gasteiger charge is 2.27. The van der Waals surface area contributed by atoms with E-state index in [1.54, 1.807) is 6.08 Å². The first-order valence-electron chi connectivity index (χ1n) is 9.46. The molecule has 27 heavy (non-hydrogen) atoms. The molecule has 0 saturated carbocycles.